The topological polar surface area (TPSA) is 12.2 Å². The molecule has 1 aliphatic heterocycles. The van der Waals surface area contributed by atoms with Crippen LogP contribution in [-0.4, -0.2) is 23.6 Å². The van der Waals surface area contributed by atoms with E-state index in [4.69, 9.17) is 4.74 Å². The molecule has 0 radical (unpaired) electrons. The van der Waals surface area contributed by atoms with Crippen molar-refractivity contribution in [2.75, 3.05) is 6.73 Å². The molecule has 1 aliphatic carbocycles. The summed E-state index contributed by atoms with van der Waals surface area (Å²) >= 11 is 0. The van der Waals surface area contributed by atoms with Gasteiger partial charge < -0.3 is 4.74 Å². The summed E-state index contributed by atoms with van der Waals surface area (Å²) in [6.45, 7) is 2.83. The highest BCUT2D eigenvalue weighted by atomic mass is 16.5. The lowest BCUT2D eigenvalue weighted by Crippen LogP contribution is -2.35. The average molecular weight is 306 g/mol. The Morgan fingerprint density at radius 2 is 1.74 bits per heavy atom. The lowest BCUT2D eigenvalue weighted by atomic mass is 9.93. The van der Waals surface area contributed by atoms with Gasteiger partial charge in [-0.05, 0) is 36.5 Å². The summed E-state index contributed by atoms with van der Waals surface area (Å²) in [5.74, 6) is 1.05. The molecule has 118 valence electrons. The number of hydrogen-bond acceptors (Lipinski definition) is 1. The van der Waals surface area contributed by atoms with Gasteiger partial charge in [0.25, 0.3) is 6.73 Å². The molecule has 2 heteroatoms. The minimum atomic E-state index is 0.640. The van der Waals surface area contributed by atoms with Crippen LogP contribution in [0.15, 0.2) is 42.5 Å². The van der Waals surface area contributed by atoms with E-state index < -0.39 is 0 Å². The smallest absolute Gasteiger partial charge is 0.287 e. The van der Waals surface area contributed by atoms with Gasteiger partial charge in [0.05, 0.1) is 5.56 Å². The lowest BCUT2D eigenvalue weighted by Gasteiger charge is -2.25. The molecule has 23 heavy (non-hydrogen) atoms. The van der Waals surface area contributed by atoms with Crippen molar-refractivity contribution in [3.63, 3.8) is 0 Å². The first kappa shape index (κ1) is 14.5. The third-order valence-electron chi connectivity index (χ3n) is 5.17. The molecule has 0 saturated heterocycles. The van der Waals surface area contributed by atoms with Crippen molar-refractivity contribution in [1.82, 2.24) is 0 Å². The molecular weight excluding hydrogens is 282 g/mol. The van der Waals surface area contributed by atoms with Crippen LogP contribution in [0.3, 0.4) is 0 Å². The summed E-state index contributed by atoms with van der Waals surface area (Å²) in [7, 11) is 0. The maximum absolute atomic E-state index is 6.18. The lowest BCUT2D eigenvalue weighted by molar-refractivity contribution is -0.594. The molecular formula is C21H24NO+. The van der Waals surface area contributed by atoms with Gasteiger partial charge in [0, 0.05) is 12.8 Å². The molecule has 1 saturated carbocycles. The maximum atomic E-state index is 6.18. The summed E-state index contributed by atoms with van der Waals surface area (Å²) in [5, 5.41) is 0. The molecule has 1 heterocycles. The molecule has 4 rings (SSSR count). The van der Waals surface area contributed by atoms with Crippen molar-refractivity contribution in [1.29, 1.82) is 0 Å². The molecule has 0 N–H and O–H groups in total. The monoisotopic (exact) mass is 306 g/mol. The highest BCUT2D eigenvalue weighted by molar-refractivity contribution is 5.92. The van der Waals surface area contributed by atoms with E-state index in [1.165, 1.54) is 54.4 Å². The second-order valence-electron chi connectivity index (χ2n) is 6.75. The third-order valence-corrected chi connectivity index (χ3v) is 5.17. The standard InChI is InChI=1S/C21H24NO/c1-16-12-13-19(17-8-4-2-5-9-17)20-14-22(15-23-21(16)20)18-10-6-3-7-11-18/h2,4-5,8-9,12-14,18H,3,6-7,10-11,15H2,1H3/q+1. The Hall–Kier alpha value is -2.09. The van der Waals surface area contributed by atoms with Crippen LogP contribution in [0.4, 0.5) is 0 Å². The van der Waals surface area contributed by atoms with E-state index in [1.54, 1.807) is 0 Å². The van der Waals surface area contributed by atoms with E-state index in [0.717, 1.165) is 5.75 Å². The SMILES string of the molecule is Cc1ccc(-c2ccccc2)c2c1OC[N+](C1CCCCC1)=C2. The number of fused-ring (bicyclic) bond motifs is 1. The number of ether oxygens (including phenoxy) is 1. The third kappa shape index (κ3) is 2.78. The minimum Gasteiger partial charge on any atom is -0.435 e. The Morgan fingerprint density at radius 1 is 0.957 bits per heavy atom. The van der Waals surface area contributed by atoms with Crippen LogP contribution in [0.5, 0.6) is 5.75 Å². The molecule has 1 fully saturated rings. The van der Waals surface area contributed by atoms with Gasteiger partial charge in [-0.2, -0.15) is 4.58 Å². The van der Waals surface area contributed by atoms with Gasteiger partial charge in [0.15, 0.2) is 12.3 Å². The van der Waals surface area contributed by atoms with Crippen molar-refractivity contribution < 1.29 is 9.31 Å². The molecule has 2 aromatic carbocycles. The summed E-state index contributed by atoms with van der Waals surface area (Å²) in [6.07, 6.45) is 9.02. The fourth-order valence-electron chi connectivity index (χ4n) is 3.86. The van der Waals surface area contributed by atoms with Crippen molar-refractivity contribution in [3.05, 3.63) is 53.6 Å². The second-order valence-corrected chi connectivity index (χ2v) is 6.75. The van der Waals surface area contributed by atoms with Gasteiger partial charge >= 0.3 is 0 Å². The average Bonchev–Trinajstić information content (AvgIpc) is 2.63. The van der Waals surface area contributed by atoms with E-state index in [9.17, 15) is 0 Å². The van der Waals surface area contributed by atoms with E-state index in [0.29, 0.717) is 12.8 Å². The van der Waals surface area contributed by atoms with Gasteiger partial charge in [0.1, 0.15) is 5.75 Å². The summed E-state index contributed by atoms with van der Waals surface area (Å²) < 4.78 is 8.60. The van der Waals surface area contributed by atoms with Gasteiger partial charge in [-0.25, -0.2) is 0 Å². The number of benzene rings is 2. The van der Waals surface area contributed by atoms with E-state index in [1.807, 2.05) is 0 Å². The molecule has 0 bridgehead atoms. The van der Waals surface area contributed by atoms with E-state index in [2.05, 4.69) is 60.2 Å². The minimum absolute atomic E-state index is 0.640. The first-order valence-corrected chi connectivity index (χ1v) is 8.75. The van der Waals surface area contributed by atoms with Crippen LogP contribution in [-0.2, 0) is 0 Å². The first-order chi connectivity index (χ1) is 11.3. The van der Waals surface area contributed by atoms with Crippen molar-refractivity contribution in [2.24, 2.45) is 0 Å². The Balaban J connectivity index is 1.79. The Bertz CT molecular complexity index is 727. The van der Waals surface area contributed by atoms with Crippen molar-refractivity contribution in [2.45, 2.75) is 45.1 Å². The van der Waals surface area contributed by atoms with Crippen LogP contribution in [0.25, 0.3) is 11.1 Å². The Morgan fingerprint density at radius 3 is 2.52 bits per heavy atom. The number of rotatable bonds is 2. The molecule has 2 aliphatic rings. The van der Waals surface area contributed by atoms with Crippen molar-refractivity contribution in [3.8, 4) is 16.9 Å². The van der Waals surface area contributed by atoms with Gasteiger partial charge in [-0.3, -0.25) is 0 Å². The number of nitrogens with zero attached hydrogens (tertiary/aromatic N) is 1. The van der Waals surface area contributed by atoms with Crippen LogP contribution in [0, 0.1) is 6.92 Å². The van der Waals surface area contributed by atoms with Crippen LogP contribution < -0.4 is 4.74 Å². The zero-order valence-electron chi connectivity index (χ0n) is 13.8. The molecule has 0 aromatic heterocycles. The summed E-state index contributed by atoms with van der Waals surface area (Å²) in [6, 6.07) is 15.7. The Labute approximate surface area is 138 Å². The highest BCUT2D eigenvalue weighted by Gasteiger charge is 2.29. The second kappa shape index (κ2) is 6.19. The van der Waals surface area contributed by atoms with Gasteiger partial charge in [-0.15, -0.1) is 0 Å². The first-order valence-electron chi connectivity index (χ1n) is 8.75. The predicted octanol–water partition coefficient (Wildman–Crippen LogP) is 4.78. The van der Waals surface area contributed by atoms with Gasteiger partial charge in [0.2, 0.25) is 0 Å². The zero-order chi connectivity index (χ0) is 15.6. The summed E-state index contributed by atoms with van der Waals surface area (Å²) in [4.78, 5) is 0. The number of aryl methyl sites for hydroxylation is 1. The molecule has 0 atom stereocenters. The molecule has 0 spiro atoms. The predicted molar refractivity (Wildman–Crippen MR) is 94.4 cm³/mol. The van der Waals surface area contributed by atoms with E-state index >= 15 is 0 Å². The normalized spacial score (nSPS) is 18.0. The van der Waals surface area contributed by atoms with Crippen LogP contribution in [0.1, 0.15) is 43.2 Å². The molecule has 2 nitrogen and oxygen atoms in total. The number of hydrogen-bond donors (Lipinski definition) is 0. The molecule has 2 aromatic rings. The highest BCUT2D eigenvalue weighted by Crippen LogP contribution is 2.34. The Kier molecular flexibility index (Phi) is 3.90. The molecule has 0 amide bonds. The summed E-state index contributed by atoms with van der Waals surface area (Å²) in [5.41, 5.74) is 4.99. The quantitative estimate of drug-likeness (QED) is 0.728. The van der Waals surface area contributed by atoms with Gasteiger partial charge in [-0.1, -0.05) is 48.9 Å². The van der Waals surface area contributed by atoms with Crippen molar-refractivity contribution >= 4 is 6.21 Å². The maximum Gasteiger partial charge on any atom is 0.287 e. The molecule has 0 unspecified atom stereocenters. The fourth-order valence-corrected chi connectivity index (χ4v) is 3.86. The zero-order valence-corrected chi connectivity index (χ0v) is 13.8. The largest absolute Gasteiger partial charge is 0.435 e. The van der Waals surface area contributed by atoms with Crippen LogP contribution in [0.2, 0.25) is 0 Å². The van der Waals surface area contributed by atoms with E-state index in [-0.39, 0.29) is 0 Å². The van der Waals surface area contributed by atoms with Crippen LogP contribution >= 0.6 is 0 Å². The fraction of sp³-hybridized carbons (Fsp3) is 0.381.